The zero-order valence-electron chi connectivity index (χ0n) is 9.66. The average Bonchev–Trinajstić information content (AvgIpc) is 2.17. The standard InChI is InChI=1S/C12H17FN2O/c1-8(2)12-11(13)4-3-9(15-12)5-14-10-6-16-7-10/h3-4,8,10,14H,5-7H2,1-2H3. The molecule has 1 saturated heterocycles. The van der Waals surface area contributed by atoms with Gasteiger partial charge < -0.3 is 10.1 Å². The lowest BCUT2D eigenvalue weighted by molar-refractivity contribution is -0.00592. The van der Waals surface area contributed by atoms with Gasteiger partial charge in [-0.3, -0.25) is 4.98 Å². The smallest absolute Gasteiger partial charge is 0.144 e. The largest absolute Gasteiger partial charge is 0.378 e. The second-order valence-corrected chi connectivity index (χ2v) is 4.44. The zero-order chi connectivity index (χ0) is 11.5. The third-order valence-corrected chi connectivity index (χ3v) is 2.69. The summed E-state index contributed by atoms with van der Waals surface area (Å²) in [7, 11) is 0. The van der Waals surface area contributed by atoms with Crippen LogP contribution in [-0.4, -0.2) is 24.2 Å². The predicted molar refractivity (Wildman–Crippen MR) is 59.7 cm³/mol. The number of nitrogens with zero attached hydrogens (tertiary/aromatic N) is 1. The van der Waals surface area contributed by atoms with Gasteiger partial charge in [-0.25, -0.2) is 4.39 Å². The number of aromatic nitrogens is 1. The van der Waals surface area contributed by atoms with Crippen molar-refractivity contribution < 1.29 is 9.13 Å². The van der Waals surface area contributed by atoms with E-state index in [1.54, 1.807) is 6.07 Å². The van der Waals surface area contributed by atoms with Crippen LogP contribution in [0.2, 0.25) is 0 Å². The van der Waals surface area contributed by atoms with Crippen molar-refractivity contribution in [3.63, 3.8) is 0 Å². The van der Waals surface area contributed by atoms with Crippen LogP contribution in [-0.2, 0) is 11.3 Å². The Morgan fingerprint density at radius 2 is 2.25 bits per heavy atom. The van der Waals surface area contributed by atoms with Crippen molar-refractivity contribution in [3.05, 3.63) is 29.3 Å². The number of hydrogen-bond acceptors (Lipinski definition) is 3. The number of hydrogen-bond donors (Lipinski definition) is 1. The second kappa shape index (κ2) is 4.89. The molecular formula is C12H17FN2O. The molecule has 0 saturated carbocycles. The van der Waals surface area contributed by atoms with E-state index in [1.807, 2.05) is 13.8 Å². The van der Waals surface area contributed by atoms with Gasteiger partial charge in [0.2, 0.25) is 0 Å². The van der Waals surface area contributed by atoms with Crippen LogP contribution < -0.4 is 5.32 Å². The maximum absolute atomic E-state index is 13.4. The van der Waals surface area contributed by atoms with Crippen LogP contribution in [0.25, 0.3) is 0 Å². The molecule has 3 nitrogen and oxygen atoms in total. The average molecular weight is 224 g/mol. The summed E-state index contributed by atoms with van der Waals surface area (Å²) < 4.78 is 18.5. The molecule has 4 heteroatoms. The van der Waals surface area contributed by atoms with Crippen LogP contribution in [0.3, 0.4) is 0 Å². The fourth-order valence-electron chi connectivity index (χ4n) is 1.61. The van der Waals surface area contributed by atoms with E-state index in [0.29, 0.717) is 18.3 Å². The first-order valence-electron chi connectivity index (χ1n) is 5.63. The molecule has 1 aliphatic rings. The van der Waals surface area contributed by atoms with Gasteiger partial charge in [0.1, 0.15) is 5.82 Å². The molecule has 16 heavy (non-hydrogen) atoms. The summed E-state index contributed by atoms with van der Waals surface area (Å²) in [5.41, 5.74) is 1.43. The van der Waals surface area contributed by atoms with Gasteiger partial charge >= 0.3 is 0 Å². The summed E-state index contributed by atoms with van der Waals surface area (Å²) in [6.07, 6.45) is 0. The number of rotatable bonds is 4. The molecule has 0 atom stereocenters. The second-order valence-electron chi connectivity index (χ2n) is 4.44. The van der Waals surface area contributed by atoms with Crippen molar-refractivity contribution in [2.24, 2.45) is 0 Å². The molecule has 2 heterocycles. The lowest BCUT2D eigenvalue weighted by atomic mass is 10.1. The molecule has 0 unspecified atom stereocenters. The molecule has 88 valence electrons. The van der Waals surface area contributed by atoms with Crippen LogP contribution in [0.4, 0.5) is 4.39 Å². The predicted octanol–water partition coefficient (Wildman–Crippen LogP) is 1.83. The van der Waals surface area contributed by atoms with Crippen molar-refractivity contribution >= 4 is 0 Å². The summed E-state index contributed by atoms with van der Waals surface area (Å²) >= 11 is 0. The van der Waals surface area contributed by atoms with Gasteiger partial charge in [0.15, 0.2) is 0 Å². The summed E-state index contributed by atoms with van der Waals surface area (Å²) in [6.45, 7) is 6.09. The molecular weight excluding hydrogens is 207 g/mol. The summed E-state index contributed by atoms with van der Waals surface area (Å²) in [4.78, 5) is 4.32. The maximum atomic E-state index is 13.4. The molecule has 0 amide bonds. The first kappa shape index (κ1) is 11.5. The third kappa shape index (κ3) is 2.57. The van der Waals surface area contributed by atoms with Gasteiger partial charge in [0.05, 0.1) is 30.6 Å². The normalized spacial score (nSPS) is 16.5. The van der Waals surface area contributed by atoms with E-state index in [4.69, 9.17) is 4.74 Å². The van der Waals surface area contributed by atoms with Crippen LogP contribution in [0, 0.1) is 5.82 Å². The number of pyridine rings is 1. The number of halogens is 1. The highest BCUT2D eigenvalue weighted by atomic mass is 19.1. The molecule has 0 aliphatic carbocycles. The fourth-order valence-corrected chi connectivity index (χ4v) is 1.61. The van der Waals surface area contributed by atoms with Crippen LogP contribution in [0.15, 0.2) is 12.1 Å². The Kier molecular flexibility index (Phi) is 3.51. The first-order chi connectivity index (χ1) is 7.66. The molecule has 1 aromatic rings. The van der Waals surface area contributed by atoms with Crippen molar-refractivity contribution in [2.75, 3.05) is 13.2 Å². The van der Waals surface area contributed by atoms with Gasteiger partial charge in [-0.05, 0) is 18.1 Å². The minimum absolute atomic E-state index is 0.118. The Bertz CT molecular complexity index is 364. The number of nitrogens with one attached hydrogen (secondary N) is 1. The van der Waals surface area contributed by atoms with E-state index in [-0.39, 0.29) is 11.7 Å². The summed E-state index contributed by atoms with van der Waals surface area (Å²) in [6, 6.07) is 3.65. The van der Waals surface area contributed by atoms with Gasteiger partial charge in [-0.2, -0.15) is 0 Å². The molecule has 1 aromatic heterocycles. The van der Waals surface area contributed by atoms with Crippen LogP contribution >= 0.6 is 0 Å². The molecule has 1 fully saturated rings. The van der Waals surface area contributed by atoms with Crippen molar-refractivity contribution in [2.45, 2.75) is 32.4 Å². The molecule has 0 aromatic carbocycles. The highest BCUT2D eigenvalue weighted by Crippen LogP contribution is 2.16. The third-order valence-electron chi connectivity index (χ3n) is 2.69. The van der Waals surface area contributed by atoms with Crippen molar-refractivity contribution in [1.82, 2.24) is 10.3 Å². The minimum Gasteiger partial charge on any atom is -0.378 e. The Hall–Kier alpha value is -1.00. The molecule has 0 bridgehead atoms. The summed E-state index contributed by atoms with van der Waals surface area (Å²) in [5, 5.41) is 3.31. The summed E-state index contributed by atoms with van der Waals surface area (Å²) in [5.74, 6) is -0.0993. The Balaban J connectivity index is 2.00. The van der Waals surface area contributed by atoms with E-state index < -0.39 is 0 Å². The number of ether oxygens (including phenoxy) is 1. The molecule has 0 spiro atoms. The van der Waals surface area contributed by atoms with E-state index >= 15 is 0 Å². The maximum Gasteiger partial charge on any atom is 0.144 e. The quantitative estimate of drug-likeness (QED) is 0.847. The zero-order valence-corrected chi connectivity index (χ0v) is 9.66. The highest BCUT2D eigenvalue weighted by molar-refractivity contribution is 5.16. The van der Waals surface area contributed by atoms with Crippen LogP contribution in [0.5, 0.6) is 0 Å². The Labute approximate surface area is 95.0 Å². The van der Waals surface area contributed by atoms with Gasteiger partial charge in [-0.1, -0.05) is 13.8 Å². The highest BCUT2D eigenvalue weighted by Gasteiger charge is 2.17. The van der Waals surface area contributed by atoms with E-state index in [1.165, 1.54) is 6.07 Å². The molecule has 0 radical (unpaired) electrons. The molecule has 1 N–H and O–H groups in total. The Morgan fingerprint density at radius 3 is 2.81 bits per heavy atom. The fraction of sp³-hybridized carbons (Fsp3) is 0.583. The van der Waals surface area contributed by atoms with Crippen LogP contribution in [0.1, 0.15) is 31.2 Å². The van der Waals surface area contributed by atoms with E-state index in [2.05, 4.69) is 10.3 Å². The van der Waals surface area contributed by atoms with Crippen molar-refractivity contribution in [3.8, 4) is 0 Å². The van der Waals surface area contributed by atoms with Crippen molar-refractivity contribution in [1.29, 1.82) is 0 Å². The lowest BCUT2D eigenvalue weighted by Crippen LogP contribution is -2.45. The Morgan fingerprint density at radius 1 is 1.50 bits per heavy atom. The van der Waals surface area contributed by atoms with Gasteiger partial charge in [0.25, 0.3) is 0 Å². The van der Waals surface area contributed by atoms with Gasteiger partial charge in [0, 0.05) is 6.54 Å². The van der Waals surface area contributed by atoms with E-state index in [9.17, 15) is 4.39 Å². The lowest BCUT2D eigenvalue weighted by Gasteiger charge is -2.26. The topological polar surface area (TPSA) is 34.2 Å². The van der Waals surface area contributed by atoms with E-state index in [0.717, 1.165) is 18.9 Å². The first-order valence-corrected chi connectivity index (χ1v) is 5.63. The monoisotopic (exact) mass is 224 g/mol. The SMILES string of the molecule is CC(C)c1nc(CNC2COC2)ccc1F. The minimum atomic E-state index is -0.217. The molecule has 2 rings (SSSR count). The molecule has 1 aliphatic heterocycles. The van der Waals surface area contributed by atoms with Gasteiger partial charge in [-0.15, -0.1) is 0 Å².